The highest BCUT2D eigenvalue weighted by atomic mass is 32.1. The molecule has 0 radical (unpaired) electrons. The Morgan fingerprint density at radius 2 is 2.00 bits per heavy atom. The molecule has 2 aliphatic heterocycles. The maximum atomic E-state index is 12.7. The Morgan fingerprint density at radius 1 is 1.25 bits per heavy atom. The molecule has 5 rings (SSSR count). The summed E-state index contributed by atoms with van der Waals surface area (Å²) in [7, 11) is 0. The van der Waals surface area contributed by atoms with Gasteiger partial charge < -0.3 is 20.3 Å². The number of anilines is 3. The van der Waals surface area contributed by atoms with E-state index in [4.69, 9.17) is 9.72 Å². The molecule has 10 nitrogen and oxygen atoms in total. The number of hydrogen-bond acceptors (Lipinski definition) is 9. The first-order valence-electron chi connectivity index (χ1n) is 10.9. The fraction of sp³-hybridized carbons (Fsp3) is 0.571. The summed E-state index contributed by atoms with van der Waals surface area (Å²) in [6, 6.07) is 2.46. The van der Waals surface area contributed by atoms with Crippen molar-refractivity contribution in [2.45, 2.75) is 77.1 Å². The normalized spacial score (nSPS) is 22.9. The van der Waals surface area contributed by atoms with E-state index in [1.165, 1.54) is 11.3 Å². The van der Waals surface area contributed by atoms with Gasteiger partial charge in [-0.3, -0.25) is 5.10 Å². The number of carbonyl (C=O) groups is 1. The summed E-state index contributed by atoms with van der Waals surface area (Å²) in [5, 5.41) is 13.9. The minimum Gasteiger partial charge on any atom is -0.444 e. The number of aryl methyl sites for hydroxylation is 1. The molecule has 2 bridgehead atoms. The van der Waals surface area contributed by atoms with E-state index in [0.29, 0.717) is 17.6 Å². The number of carbonyl (C=O) groups excluding carboxylic acids is 1. The van der Waals surface area contributed by atoms with Crippen LogP contribution in [0.25, 0.3) is 10.3 Å². The number of nitrogens with zero attached hydrogens (tertiary/aromatic N) is 5. The largest absolute Gasteiger partial charge is 0.444 e. The minimum atomic E-state index is -0.486. The average Bonchev–Trinajstić information content (AvgIpc) is 3.39. The van der Waals surface area contributed by atoms with Crippen LogP contribution in [0.2, 0.25) is 0 Å². The Bertz CT molecular complexity index is 1120. The molecular formula is C21H28N8O2S. The molecule has 5 heterocycles. The van der Waals surface area contributed by atoms with Gasteiger partial charge in [-0.2, -0.15) is 10.1 Å². The third-order valence-electron chi connectivity index (χ3n) is 5.82. The number of aromatic nitrogens is 5. The van der Waals surface area contributed by atoms with E-state index in [2.05, 4.69) is 30.8 Å². The number of rotatable bonds is 4. The van der Waals surface area contributed by atoms with Gasteiger partial charge in [-0.15, -0.1) is 11.3 Å². The van der Waals surface area contributed by atoms with Crippen molar-refractivity contribution >= 4 is 45.4 Å². The predicted molar refractivity (Wildman–Crippen MR) is 123 cm³/mol. The van der Waals surface area contributed by atoms with Crippen LogP contribution in [0.5, 0.6) is 0 Å². The summed E-state index contributed by atoms with van der Waals surface area (Å²) in [4.78, 5) is 29.2. The van der Waals surface area contributed by atoms with Crippen molar-refractivity contribution in [2.75, 3.05) is 10.6 Å². The third kappa shape index (κ3) is 4.21. The van der Waals surface area contributed by atoms with Crippen LogP contribution in [-0.2, 0) is 4.74 Å². The van der Waals surface area contributed by atoms with Crippen molar-refractivity contribution in [1.82, 2.24) is 30.0 Å². The average molecular weight is 457 g/mol. The molecule has 2 fully saturated rings. The Hall–Kier alpha value is -2.95. The second-order valence-corrected chi connectivity index (χ2v) is 10.4. The molecule has 0 aromatic carbocycles. The molecule has 170 valence electrons. The highest BCUT2D eigenvalue weighted by Crippen LogP contribution is 2.38. The fourth-order valence-electron chi connectivity index (χ4n) is 4.61. The Labute approximate surface area is 190 Å². The van der Waals surface area contributed by atoms with E-state index in [1.807, 2.05) is 38.7 Å². The van der Waals surface area contributed by atoms with Gasteiger partial charge in [-0.05, 0) is 53.4 Å². The number of thiazole rings is 1. The summed E-state index contributed by atoms with van der Waals surface area (Å²) < 4.78 is 5.64. The van der Waals surface area contributed by atoms with E-state index in [9.17, 15) is 4.79 Å². The van der Waals surface area contributed by atoms with Crippen molar-refractivity contribution in [1.29, 1.82) is 0 Å². The van der Waals surface area contributed by atoms with E-state index in [0.717, 1.165) is 41.7 Å². The van der Waals surface area contributed by atoms with E-state index < -0.39 is 5.60 Å². The Balaban J connectivity index is 1.32. The van der Waals surface area contributed by atoms with Crippen molar-refractivity contribution in [3.05, 3.63) is 17.3 Å². The van der Waals surface area contributed by atoms with Crippen LogP contribution in [-0.4, -0.2) is 59.9 Å². The first kappa shape index (κ1) is 20.9. The number of piperidine rings is 1. The molecule has 3 aromatic rings. The molecule has 1 amide bonds. The van der Waals surface area contributed by atoms with Gasteiger partial charge >= 0.3 is 6.09 Å². The zero-order valence-electron chi connectivity index (χ0n) is 18.7. The van der Waals surface area contributed by atoms with Crippen LogP contribution in [0.4, 0.5) is 22.4 Å². The van der Waals surface area contributed by atoms with Gasteiger partial charge in [-0.1, -0.05) is 0 Å². The van der Waals surface area contributed by atoms with E-state index in [1.54, 1.807) is 5.51 Å². The smallest absolute Gasteiger partial charge is 0.410 e. The molecule has 0 spiro atoms. The second-order valence-electron chi connectivity index (χ2n) is 9.55. The lowest BCUT2D eigenvalue weighted by Crippen LogP contribution is -2.51. The van der Waals surface area contributed by atoms with Gasteiger partial charge in [0, 0.05) is 29.9 Å². The number of hydrogen-bond donors (Lipinski definition) is 3. The first-order chi connectivity index (χ1) is 15.2. The topological polar surface area (TPSA) is 121 Å². The molecular weight excluding hydrogens is 428 g/mol. The maximum Gasteiger partial charge on any atom is 0.410 e. The molecule has 0 aliphatic carbocycles. The van der Waals surface area contributed by atoms with Crippen molar-refractivity contribution in [3.8, 4) is 0 Å². The third-order valence-corrected chi connectivity index (χ3v) is 6.54. The molecule has 3 aromatic heterocycles. The molecule has 2 saturated heterocycles. The van der Waals surface area contributed by atoms with Crippen LogP contribution in [0.15, 0.2) is 11.6 Å². The van der Waals surface area contributed by atoms with Crippen molar-refractivity contribution < 1.29 is 9.53 Å². The highest BCUT2D eigenvalue weighted by Gasteiger charge is 2.45. The fourth-order valence-corrected chi connectivity index (χ4v) is 5.27. The molecule has 2 aliphatic rings. The summed E-state index contributed by atoms with van der Waals surface area (Å²) in [6.45, 7) is 7.67. The van der Waals surface area contributed by atoms with Crippen LogP contribution < -0.4 is 10.6 Å². The summed E-state index contributed by atoms with van der Waals surface area (Å²) in [5.74, 6) is 1.87. The molecule has 3 atom stereocenters. The zero-order valence-corrected chi connectivity index (χ0v) is 19.5. The second kappa shape index (κ2) is 7.88. The molecule has 11 heteroatoms. The van der Waals surface area contributed by atoms with E-state index >= 15 is 0 Å². The molecule has 3 N–H and O–H groups in total. The lowest BCUT2D eigenvalue weighted by atomic mass is 9.98. The predicted octanol–water partition coefficient (Wildman–Crippen LogP) is 4.20. The number of fused-ring (bicyclic) bond motifs is 3. The van der Waals surface area contributed by atoms with Crippen LogP contribution in [0.1, 0.15) is 52.1 Å². The lowest BCUT2D eigenvalue weighted by Gasteiger charge is -2.39. The van der Waals surface area contributed by atoms with Gasteiger partial charge in [-0.25, -0.2) is 14.8 Å². The van der Waals surface area contributed by atoms with Crippen LogP contribution in [0.3, 0.4) is 0 Å². The van der Waals surface area contributed by atoms with Gasteiger partial charge in [0.1, 0.15) is 11.1 Å². The maximum absolute atomic E-state index is 12.7. The molecule has 0 saturated carbocycles. The van der Waals surface area contributed by atoms with Gasteiger partial charge in [0.15, 0.2) is 16.5 Å². The van der Waals surface area contributed by atoms with E-state index in [-0.39, 0.29) is 24.2 Å². The van der Waals surface area contributed by atoms with Crippen LogP contribution in [0, 0.1) is 6.92 Å². The molecule has 32 heavy (non-hydrogen) atoms. The standard InChI is InChI=1S/C21H28N8O2S/c1-11-7-15(28-27-11)24-17-16-18(32-10-22-16)26-19(25-17)23-12-8-13-5-6-14(9-12)29(13)20(30)31-21(2,3)4/h7,10,12-14H,5-6,8-9H2,1-4H3,(H3,23,24,25,26,27,28)/t12-,13-,14+. The van der Waals surface area contributed by atoms with Gasteiger partial charge in [0.05, 0.1) is 5.51 Å². The number of aromatic amines is 1. The minimum absolute atomic E-state index is 0.179. The van der Waals surface area contributed by atoms with Crippen LogP contribution >= 0.6 is 11.3 Å². The number of H-pyrrole nitrogens is 1. The summed E-state index contributed by atoms with van der Waals surface area (Å²) in [6.07, 6.45) is 3.50. The Kier molecular flexibility index (Phi) is 5.15. The zero-order chi connectivity index (χ0) is 22.5. The molecule has 0 unspecified atom stereocenters. The first-order valence-corrected chi connectivity index (χ1v) is 11.8. The van der Waals surface area contributed by atoms with Gasteiger partial charge in [0.25, 0.3) is 0 Å². The monoisotopic (exact) mass is 456 g/mol. The number of amides is 1. The number of ether oxygens (including phenoxy) is 1. The van der Waals surface area contributed by atoms with Crippen molar-refractivity contribution in [3.63, 3.8) is 0 Å². The van der Waals surface area contributed by atoms with Crippen molar-refractivity contribution in [2.24, 2.45) is 0 Å². The SMILES string of the molecule is Cc1cc(Nc2nc(N[C@@H]3C[C@H]4CC[C@@H](C3)N4C(=O)OC(C)(C)C)nc3scnc23)n[nH]1. The highest BCUT2D eigenvalue weighted by molar-refractivity contribution is 7.16. The Morgan fingerprint density at radius 3 is 2.66 bits per heavy atom. The quantitative estimate of drug-likeness (QED) is 0.534. The lowest BCUT2D eigenvalue weighted by molar-refractivity contribution is 0.00682. The van der Waals surface area contributed by atoms with Gasteiger partial charge in [0.2, 0.25) is 5.95 Å². The summed E-state index contributed by atoms with van der Waals surface area (Å²) in [5.41, 5.74) is 2.96. The summed E-state index contributed by atoms with van der Waals surface area (Å²) >= 11 is 1.48. The number of nitrogens with one attached hydrogen (secondary N) is 3.